The van der Waals surface area contributed by atoms with E-state index in [9.17, 15) is 9.90 Å². The molecule has 0 aromatic rings. The molecule has 0 spiro atoms. The summed E-state index contributed by atoms with van der Waals surface area (Å²) in [6.45, 7) is 1.71. The molecule has 1 saturated carbocycles. The van der Waals surface area contributed by atoms with Gasteiger partial charge in [0.2, 0.25) is 0 Å². The van der Waals surface area contributed by atoms with E-state index in [4.69, 9.17) is 10.5 Å². The Morgan fingerprint density at radius 2 is 2.07 bits per heavy atom. The Morgan fingerprint density at radius 1 is 1.47 bits per heavy atom. The van der Waals surface area contributed by atoms with Crippen LogP contribution in [0.1, 0.15) is 39.0 Å². The fourth-order valence-corrected chi connectivity index (χ4v) is 1.79. The Labute approximate surface area is 90.8 Å². The molecule has 1 fully saturated rings. The van der Waals surface area contributed by atoms with Crippen LogP contribution in [0.3, 0.4) is 0 Å². The Morgan fingerprint density at radius 3 is 2.60 bits per heavy atom. The largest absolute Gasteiger partial charge is 0.463 e. The van der Waals surface area contributed by atoms with Crippen molar-refractivity contribution in [2.45, 2.75) is 44.6 Å². The lowest BCUT2D eigenvalue weighted by molar-refractivity contribution is -0.164. The van der Waals surface area contributed by atoms with Gasteiger partial charge in [-0.15, -0.1) is 0 Å². The molecule has 15 heavy (non-hydrogen) atoms. The van der Waals surface area contributed by atoms with Crippen molar-refractivity contribution < 1.29 is 14.6 Å². The number of esters is 1. The summed E-state index contributed by atoms with van der Waals surface area (Å²) in [5.41, 5.74) is 3.73. The lowest BCUT2D eigenvalue weighted by atomic mass is 9.90. The van der Waals surface area contributed by atoms with Gasteiger partial charge in [0.15, 0.2) is 5.60 Å². The number of hydrogen-bond donors (Lipinski definition) is 2. The molecule has 0 bridgehead atoms. The van der Waals surface area contributed by atoms with Crippen LogP contribution < -0.4 is 5.73 Å². The summed E-state index contributed by atoms with van der Waals surface area (Å²) >= 11 is 0. The van der Waals surface area contributed by atoms with E-state index < -0.39 is 11.6 Å². The molecule has 4 nitrogen and oxygen atoms in total. The van der Waals surface area contributed by atoms with Gasteiger partial charge < -0.3 is 15.6 Å². The maximum Gasteiger partial charge on any atom is 0.339 e. The molecular weight excluding hydrogens is 194 g/mol. The van der Waals surface area contributed by atoms with Crippen LogP contribution in [0.2, 0.25) is 0 Å². The summed E-state index contributed by atoms with van der Waals surface area (Å²) in [4.78, 5) is 11.4. The molecular formula is C11H21NO3. The summed E-state index contributed by atoms with van der Waals surface area (Å²) in [7, 11) is 0. The van der Waals surface area contributed by atoms with Crippen molar-refractivity contribution in [1.82, 2.24) is 0 Å². The third-order valence-corrected chi connectivity index (χ3v) is 3.01. The average molecular weight is 215 g/mol. The van der Waals surface area contributed by atoms with Crippen LogP contribution in [0.5, 0.6) is 0 Å². The van der Waals surface area contributed by atoms with Crippen LogP contribution in [0, 0.1) is 5.92 Å². The van der Waals surface area contributed by atoms with Gasteiger partial charge in [0.25, 0.3) is 0 Å². The summed E-state index contributed by atoms with van der Waals surface area (Å²) in [5.74, 6) is -0.133. The first-order valence-electron chi connectivity index (χ1n) is 5.66. The molecule has 0 heterocycles. The maximum atomic E-state index is 11.4. The summed E-state index contributed by atoms with van der Waals surface area (Å²) < 4.78 is 5.07. The second-order valence-corrected chi connectivity index (χ2v) is 4.58. The van der Waals surface area contributed by atoms with E-state index in [0.717, 1.165) is 12.8 Å². The quantitative estimate of drug-likeness (QED) is 0.681. The van der Waals surface area contributed by atoms with Crippen molar-refractivity contribution in [3.8, 4) is 0 Å². The molecule has 0 saturated heterocycles. The Balaban J connectivity index is 2.26. The number of ether oxygens (including phenoxy) is 1. The zero-order valence-corrected chi connectivity index (χ0v) is 9.37. The van der Waals surface area contributed by atoms with Crippen LogP contribution in [0.4, 0.5) is 0 Å². The molecule has 0 amide bonds. The predicted octanol–water partition coefficient (Wildman–Crippen LogP) is 0.820. The minimum absolute atomic E-state index is 0.101. The molecule has 1 aliphatic carbocycles. The standard InChI is InChI=1S/C11H21NO3/c1-11(14,8-12)10(13)15-7-9-5-3-2-4-6-9/h9,14H,2-8,12H2,1H3. The SMILES string of the molecule is CC(O)(CN)C(=O)OCC1CCCCC1. The molecule has 88 valence electrons. The highest BCUT2D eigenvalue weighted by atomic mass is 16.5. The van der Waals surface area contributed by atoms with E-state index in [1.54, 1.807) is 0 Å². The predicted molar refractivity (Wildman–Crippen MR) is 57.2 cm³/mol. The van der Waals surface area contributed by atoms with E-state index in [0.29, 0.717) is 12.5 Å². The second kappa shape index (κ2) is 5.47. The monoisotopic (exact) mass is 215 g/mol. The molecule has 1 aliphatic rings. The van der Waals surface area contributed by atoms with Crippen LogP contribution in [0.25, 0.3) is 0 Å². The number of carbonyl (C=O) groups excluding carboxylic acids is 1. The number of hydrogen-bond acceptors (Lipinski definition) is 4. The Bertz CT molecular complexity index is 210. The average Bonchev–Trinajstić information content (AvgIpc) is 2.27. The molecule has 1 unspecified atom stereocenters. The zero-order valence-electron chi connectivity index (χ0n) is 9.37. The van der Waals surface area contributed by atoms with E-state index in [2.05, 4.69) is 0 Å². The van der Waals surface area contributed by atoms with Crippen LogP contribution in [0.15, 0.2) is 0 Å². The number of carbonyl (C=O) groups is 1. The minimum atomic E-state index is -1.53. The highest BCUT2D eigenvalue weighted by molar-refractivity contribution is 5.79. The second-order valence-electron chi connectivity index (χ2n) is 4.58. The Kier molecular flexibility index (Phi) is 4.54. The van der Waals surface area contributed by atoms with Gasteiger partial charge in [-0.3, -0.25) is 0 Å². The number of nitrogens with two attached hydrogens (primary N) is 1. The molecule has 1 atom stereocenters. The van der Waals surface area contributed by atoms with E-state index in [1.165, 1.54) is 26.2 Å². The molecule has 0 aliphatic heterocycles. The highest BCUT2D eigenvalue weighted by Gasteiger charge is 2.30. The van der Waals surface area contributed by atoms with Crippen molar-refractivity contribution >= 4 is 5.97 Å². The van der Waals surface area contributed by atoms with Gasteiger partial charge in [-0.05, 0) is 25.7 Å². The topological polar surface area (TPSA) is 72.5 Å². The van der Waals surface area contributed by atoms with Gasteiger partial charge in [-0.1, -0.05) is 19.3 Å². The first-order chi connectivity index (χ1) is 7.06. The van der Waals surface area contributed by atoms with Gasteiger partial charge in [0, 0.05) is 6.54 Å². The van der Waals surface area contributed by atoms with Crippen molar-refractivity contribution in [2.24, 2.45) is 11.7 Å². The first kappa shape index (κ1) is 12.5. The van der Waals surface area contributed by atoms with Gasteiger partial charge in [0.1, 0.15) is 0 Å². The van der Waals surface area contributed by atoms with E-state index in [-0.39, 0.29) is 6.54 Å². The third-order valence-electron chi connectivity index (χ3n) is 3.01. The van der Waals surface area contributed by atoms with E-state index in [1.807, 2.05) is 0 Å². The highest BCUT2D eigenvalue weighted by Crippen LogP contribution is 2.24. The zero-order chi connectivity index (χ0) is 11.3. The fraction of sp³-hybridized carbons (Fsp3) is 0.909. The van der Waals surface area contributed by atoms with Gasteiger partial charge in [-0.2, -0.15) is 0 Å². The number of rotatable bonds is 4. The Hall–Kier alpha value is -0.610. The maximum absolute atomic E-state index is 11.4. The van der Waals surface area contributed by atoms with Gasteiger partial charge in [0.05, 0.1) is 6.61 Å². The summed E-state index contributed by atoms with van der Waals surface area (Å²) in [6, 6.07) is 0. The van der Waals surface area contributed by atoms with Crippen LogP contribution in [-0.4, -0.2) is 29.8 Å². The van der Waals surface area contributed by atoms with Gasteiger partial charge in [-0.25, -0.2) is 4.79 Å². The lowest BCUT2D eigenvalue weighted by Crippen LogP contribution is -2.44. The van der Waals surface area contributed by atoms with Crippen LogP contribution >= 0.6 is 0 Å². The van der Waals surface area contributed by atoms with Crippen LogP contribution in [-0.2, 0) is 9.53 Å². The third kappa shape index (κ3) is 3.80. The van der Waals surface area contributed by atoms with Crippen molar-refractivity contribution in [3.63, 3.8) is 0 Å². The summed E-state index contributed by atoms with van der Waals surface area (Å²) in [5, 5.41) is 9.52. The normalized spacial score (nSPS) is 22.1. The van der Waals surface area contributed by atoms with E-state index >= 15 is 0 Å². The fourth-order valence-electron chi connectivity index (χ4n) is 1.79. The van der Waals surface area contributed by atoms with Crippen molar-refractivity contribution in [2.75, 3.05) is 13.2 Å². The first-order valence-corrected chi connectivity index (χ1v) is 5.66. The smallest absolute Gasteiger partial charge is 0.339 e. The summed E-state index contributed by atoms with van der Waals surface area (Å²) in [6.07, 6.45) is 5.96. The molecule has 4 heteroatoms. The van der Waals surface area contributed by atoms with Gasteiger partial charge >= 0.3 is 5.97 Å². The minimum Gasteiger partial charge on any atom is -0.463 e. The molecule has 1 rings (SSSR count). The lowest BCUT2D eigenvalue weighted by Gasteiger charge is -2.24. The van der Waals surface area contributed by atoms with Crippen molar-refractivity contribution in [1.29, 1.82) is 0 Å². The molecule has 0 aromatic carbocycles. The molecule has 3 N–H and O–H groups in total. The van der Waals surface area contributed by atoms with Crippen molar-refractivity contribution in [3.05, 3.63) is 0 Å². The molecule has 0 aromatic heterocycles. The number of aliphatic hydroxyl groups is 1. The molecule has 0 radical (unpaired) electrons.